The van der Waals surface area contributed by atoms with Crippen LogP contribution in [0, 0.1) is 11.7 Å². The molecule has 3 rings (SSSR count). The van der Waals surface area contributed by atoms with E-state index < -0.39 is 0 Å². The number of nitrogens with zero attached hydrogens (tertiary/aromatic N) is 4. The van der Waals surface area contributed by atoms with E-state index >= 15 is 0 Å². The van der Waals surface area contributed by atoms with E-state index in [1.807, 2.05) is 48.9 Å². The lowest BCUT2D eigenvalue weighted by molar-refractivity contribution is 0.243. The highest BCUT2D eigenvalue weighted by Gasteiger charge is 2.10. The van der Waals surface area contributed by atoms with Crippen molar-refractivity contribution in [2.45, 2.75) is 33.6 Å². The molecular weight excluding hydrogens is 356 g/mol. The summed E-state index contributed by atoms with van der Waals surface area (Å²) in [5.74, 6) is 1.83. The zero-order valence-corrected chi connectivity index (χ0v) is 16.9. The first-order valence-corrected chi connectivity index (χ1v) is 9.56. The molecule has 1 aromatic heterocycles. The fourth-order valence-corrected chi connectivity index (χ4v) is 3.33. The Labute approximate surface area is 165 Å². The van der Waals surface area contributed by atoms with Crippen LogP contribution in [0.4, 0.5) is 0 Å². The average molecular weight is 383 g/mol. The summed E-state index contributed by atoms with van der Waals surface area (Å²) in [5, 5.41) is 4.64. The van der Waals surface area contributed by atoms with E-state index in [0.29, 0.717) is 13.3 Å². The van der Waals surface area contributed by atoms with Gasteiger partial charge < -0.3 is 4.74 Å². The number of hydrogen-bond donors (Lipinski definition) is 0. The number of aromatic nitrogens is 3. The maximum atomic E-state index is 5.66. The molecule has 0 unspecified atom stereocenters. The summed E-state index contributed by atoms with van der Waals surface area (Å²) in [6.45, 7) is 6.88. The van der Waals surface area contributed by atoms with Gasteiger partial charge in [-0.05, 0) is 56.4 Å². The summed E-state index contributed by atoms with van der Waals surface area (Å²) in [6.07, 6.45) is 0. The lowest BCUT2D eigenvalue weighted by Gasteiger charge is -2.16. The van der Waals surface area contributed by atoms with Crippen molar-refractivity contribution in [2.24, 2.45) is 0 Å². The minimum atomic E-state index is 0.647. The van der Waals surface area contributed by atoms with E-state index in [0.717, 1.165) is 29.4 Å². The topological polar surface area (TPSA) is 35.2 Å². The molecule has 0 saturated carbocycles. The Morgan fingerprint density at radius 2 is 1.74 bits per heavy atom. The van der Waals surface area contributed by atoms with Crippen molar-refractivity contribution in [1.82, 2.24) is 19.2 Å². The molecule has 27 heavy (non-hydrogen) atoms. The molecule has 0 fully saturated rings. The maximum absolute atomic E-state index is 5.66. The molecule has 0 N–H and O–H groups in total. The summed E-state index contributed by atoms with van der Waals surface area (Å²) < 4.78 is 10.2. The zero-order valence-electron chi connectivity index (χ0n) is 16.1. The van der Waals surface area contributed by atoms with Crippen LogP contribution < -0.4 is 4.74 Å². The third-order valence-electron chi connectivity index (χ3n) is 4.35. The molecule has 6 heteroatoms. The molecule has 0 spiro atoms. The number of aryl methyl sites for hydroxylation is 1. The summed E-state index contributed by atoms with van der Waals surface area (Å²) in [6, 6.07) is 18.5. The Bertz CT molecular complexity index is 916. The Kier molecular flexibility index (Phi) is 6.42. The second-order valence-electron chi connectivity index (χ2n) is 6.63. The van der Waals surface area contributed by atoms with Gasteiger partial charge in [0.2, 0.25) is 0 Å². The van der Waals surface area contributed by atoms with Crippen LogP contribution in [-0.4, -0.2) is 32.9 Å². The van der Waals surface area contributed by atoms with Crippen LogP contribution >= 0.6 is 12.2 Å². The van der Waals surface area contributed by atoms with Gasteiger partial charge in [0, 0.05) is 6.54 Å². The van der Waals surface area contributed by atoms with Crippen LogP contribution in [0.15, 0.2) is 54.6 Å². The van der Waals surface area contributed by atoms with Gasteiger partial charge in [-0.2, -0.15) is 5.10 Å². The van der Waals surface area contributed by atoms with Gasteiger partial charge in [-0.3, -0.25) is 9.47 Å². The fraction of sp³-hybridized carbons (Fsp3) is 0.333. The summed E-state index contributed by atoms with van der Waals surface area (Å²) in [7, 11) is 2.07. The molecule has 142 valence electrons. The highest BCUT2D eigenvalue weighted by Crippen LogP contribution is 2.14. The van der Waals surface area contributed by atoms with Crippen molar-refractivity contribution in [1.29, 1.82) is 0 Å². The van der Waals surface area contributed by atoms with Gasteiger partial charge in [0.1, 0.15) is 11.6 Å². The van der Waals surface area contributed by atoms with E-state index in [2.05, 4.69) is 45.9 Å². The molecule has 5 nitrogen and oxygen atoms in total. The number of rotatable bonds is 8. The van der Waals surface area contributed by atoms with Crippen LogP contribution in [0.1, 0.15) is 23.9 Å². The van der Waals surface area contributed by atoms with Crippen molar-refractivity contribution in [3.05, 3.63) is 76.3 Å². The smallest absolute Gasteiger partial charge is 0.199 e. The Morgan fingerprint density at radius 3 is 2.41 bits per heavy atom. The van der Waals surface area contributed by atoms with Crippen molar-refractivity contribution in [2.75, 3.05) is 13.7 Å². The van der Waals surface area contributed by atoms with Gasteiger partial charge in [-0.1, -0.05) is 42.5 Å². The lowest BCUT2D eigenvalue weighted by atomic mass is 10.2. The summed E-state index contributed by atoms with van der Waals surface area (Å²) in [5.41, 5.74) is 2.45. The second-order valence-corrected chi connectivity index (χ2v) is 7.00. The highest BCUT2D eigenvalue weighted by atomic mass is 32.1. The normalized spacial score (nSPS) is 11.1. The lowest BCUT2D eigenvalue weighted by Crippen LogP contribution is -2.22. The molecule has 2 aromatic carbocycles. The largest absolute Gasteiger partial charge is 0.494 e. The van der Waals surface area contributed by atoms with E-state index in [9.17, 15) is 0 Å². The predicted molar refractivity (Wildman–Crippen MR) is 110 cm³/mol. The summed E-state index contributed by atoms with van der Waals surface area (Å²) in [4.78, 5) is 2.20. The first-order chi connectivity index (χ1) is 13.1. The van der Waals surface area contributed by atoms with Crippen molar-refractivity contribution in [3.8, 4) is 5.75 Å². The van der Waals surface area contributed by atoms with Crippen molar-refractivity contribution >= 4 is 12.2 Å². The van der Waals surface area contributed by atoms with Crippen molar-refractivity contribution in [3.63, 3.8) is 0 Å². The zero-order chi connectivity index (χ0) is 19.2. The molecular formula is C21H26N4OS. The van der Waals surface area contributed by atoms with Crippen LogP contribution in [-0.2, 0) is 19.8 Å². The molecule has 0 radical (unpaired) electrons. The quantitative estimate of drug-likeness (QED) is 0.545. The third kappa shape index (κ3) is 5.05. The van der Waals surface area contributed by atoms with Gasteiger partial charge in [-0.25, -0.2) is 4.68 Å². The Morgan fingerprint density at radius 1 is 1.04 bits per heavy atom. The molecule has 0 aliphatic carbocycles. The van der Waals surface area contributed by atoms with E-state index in [1.54, 1.807) is 0 Å². The van der Waals surface area contributed by atoms with Gasteiger partial charge in [0.25, 0.3) is 0 Å². The highest BCUT2D eigenvalue weighted by molar-refractivity contribution is 7.71. The van der Waals surface area contributed by atoms with Crippen LogP contribution in [0.5, 0.6) is 5.75 Å². The minimum Gasteiger partial charge on any atom is -0.494 e. The number of hydrogen-bond acceptors (Lipinski definition) is 4. The second kappa shape index (κ2) is 8.97. The third-order valence-corrected chi connectivity index (χ3v) is 4.78. The molecule has 0 bridgehead atoms. The maximum Gasteiger partial charge on any atom is 0.199 e. The Balaban J connectivity index is 1.66. The standard InChI is InChI=1S/C21H26N4OS/c1-4-26-20-12-10-19(11-13-20)14-23(3)16-25-21(27)24(17(2)22-25)15-18-8-6-5-7-9-18/h5-13H,4,14-16H2,1-3H3. The monoisotopic (exact) mass is 382 g/mol. The van der Waals surface area contributed by atoms with E-state index in [4.69, 9.17) is 17.0 Å². The average Bonchev–Trinajstić information content (AvgIpc) is 2.92. The van der Waals surface area contributed by atoms with Gasteiger partial charge >= 0.3 is 0 Å². The van der Waals surface area contributed by atoms with Gasteiger partial charge in [0.15, 0.2) is 4.77 Å². The first kappa shape index (κ1) is 19.3. The molecule has 0 saturated heterocycles. The molecule has 0 aliphatic rings. The summed E-state index contributed by atoms with van der Waals surface area (Å²) >= 11 is 5.66. The van der Waals surface area contributed by atoms with Crippen LogP contribution in [0.25, 0.3) is 0 Å². The van der Waals surface area contributed by atoms with Crippen molar-refractivity contribution < 1.29 is 4.74 Å². The van der Waals surface area contributed by atoms with Gasteiger partial charge in [-0.15, -0.1) is 0 Å². The SMILES string of the molecule is CCOc1ccc(CN(C)Cn2nc(C)n(Cc3ccccc3)c2=S)cc1. The van der Waals surface area contributed by atoms with Crippen LogP contribution in [0.3, 0.4) is 0 Å². The van der Waals surface area contributed by atoms with E-state index in [1.165, 1.54) is 11.1 Å². The first-order valence-electron chi connectivity index (χ1n) is 9.15. The fourth-order valence-electron chi connectivity index (χ4n) is 3.04. The molecule has 1 heterocycles. The van der Waals surface area contributed by atoms with Crippen LogP contribution in [0.2, 0.25) is 0 Å². The Hall–Kier alpha value is -2.44. The van der Waals surface area contributed by atoms with E-state index in [-0.39, 0.29) is 0 Å². The predicted octanol–water partition coefficient (Wildman–Crippen LogP) is 4.26. The molecule has 0 aliphatic heterocycles. The molecule has 3 aromatic rings. The van der Waals surface area contributed by atoms with Gasteiger partial charge in [0.05, 0.1) is 19.8 Å². The minimum absolute atomic E-state index is 0.647. The number of ether oxygens (including phenoxy) is 1. The number of benzene rings is 2. The molecule has 0 atom stereocenters. The molecule has 0 amide bonds.